The number of rotatable bonds is 4. The summed E-state index contributed by atoms with van der Waals surface area (Å²) in [5.74, 6) is 1.26. The van der Waals surface area contributed by atoms with Gasteiger partial charge >= 0.3 is 0 Å². The van der Waals surface area contributed by atoms with E-state index in [-0.39, 0.29) is 5.25 Å². The fourth-order valence-electron chi connectivity index (χ4n) is 1.86. The maximum atomic E-state index is 5.21. The first-order chi connectivity index (χ1) is 10.1. The molecule has 0 amide bonds. The smallest absolute Gasteiger partial charge is 0.239 e. The van der Waals surface area contributed by atoms with Gasteiger partial charge < -0.3 is 4.52 Å². The second-order valence-corrected chi connectivity index (χ2v) is 6.72. The van der Waals surface area contributed by atoms with Crippen LogP contribution in [0.5, 0.6) is 0 Å². The molecule has 0 aliphatic heterocycles. The number of hydrogen-bond donors (Lipinski definition) is 0. The molecule has 0 spiro atoms. The lowest BCUT2D eigenvalue weighted by atomic mass is 10.3. The average Bonchev–Trinajstić information content (AvgIpc) is 3.09. The van der Waals surface area contributed by atoms with Crippen LogP contribution in [0.25, 0.3) is 5.69 Å². The SMILES string of the molecule is Cc1noc(C(C)Sc2nccn2-c2ccc(Br)cc2)n1. The molecule has 7 heteroatoms. The van der Waals surface area contributed by atoms with Crippen LogP contribution in [-0.2, 0) is 0 Å². The Labute approximate surface area is 134 Å². The minimum Gasteiger partial charge on any atom is -0.338 e. The number of imidazole rings is 1. The van der Waals surface area contributed by atoms with E-state index in [1.807, 2.05) is 48.9 Å². The van der Waals surface area contributed by atoms with E-state index in [1.54, 1.807) is 18.0 Å². The first-order valence-electron chi connectivity index (χ1n) is 6.39. The number of aromatic nitrogens is 4. The lowest BCUT2D eigenvalue weighted by Gasteiger charge is -2.09. The number of thioether (sulfide) groups is 1. The van der Waals surface area contributed by atoms with Crippen molar-refractivity contribution in [2.75, 3.05) is 0 Å². The average molecular weight is 365 g/mol. The van der Waals surface area contributed by atoms with E-state index in [2.05, 4.69) is 31.1 Å². The highest BCUT2D eigenvalue weighted by atomic mass is 79.9. The van der Waals surface area contributed by atoms with Gasteiger partial charge in [0.25, 0.3) is 0 Å². The van der Waals surface area contributed by atoms with Crippen molar-refractivity contribution in [2.24, 2.45) is 0 Å². The summed E-state index contributed by atoms with van der Waals surface area (Å²) in [7, 11) is 0. The Morgan fingerprint density at radius 3 is 2.71 bits per heavy atom. The Kier molecular flexibility index (Phi) is 4.12. The number of halogens is 1. The molecule has 5 nitrogen and oxygen atoms in total. The lowest BCUT2D eigenvalue weighted by Crippen LogP contribution is -1.97. The Bertz CT molecular complexity index is 738. The van der Waals surface area contributed by atoms with Crippen LogP contribution in [0.3, 0.4) is 0 Å². The summed E-state index contributed by atoms with van der Waals surface area (Å²) in [6, 6.07) is 8.10. The van der Waals surface area contributed by atoms with Crippen molar-refractivity contribution in [3.05, 3.63) is 52.8 Å². The Hall–Kier alpha value is -1.60. The van der Waals surface area contributed by atoms with E-state index in [0.29, 0.717) is 11.7 Å². The van der Waals surface area contributed by atoms with Crippen molar-refractivity contribution in [3.8, 4) is 5.69 Å². The summed E-state index contributed by atoms with van der Waals surface area (Å²) >= 11 is 5.03. The van der Waals surface area contributed by atoms with Gasteiger partial charge in [-0.25, -0.2) is 4.98 Å². The zero-order valence-corrected chi connectivity index (χ0v) is 13.9. The van der Waals surface area contributed by atoms with Crippen molar-refractivity contribution in [1.29, 1.82) is 0 Å². The molecule has 1 aromatic carbocycles. The van der Waals surface area contributed by atoms with Gasteiger partial charge in [-0.2, -0.15) is 4.98 Å². The molecule has 1 atom stereocenters. The van der Waals surface area contributed by atoms with Crippen molar-refractivity contribution < 1.29 is 4.52 Å². The third kappa shape index (κ3) is 3.19. The highest BCUT2D eigenvalue weighted by Gasteiger charge is 2.17. The normalized spacial score (nSPS) is 12.5. The second-order valence-electron chi connectivity index (χ2n) is 4.50. The Balaban J connectivity index is 1.84. The van der Waals surface area contributed by atoms with Gasteiger partial charge in [-0.15, -0.1) is 0 Å². The van der Waals surface area contributed by atoms with Gasteiger partial charge in [-0.1, -0.05) is 32.8 Å². The fourth-order valence-corrected chi connectivity index (χ4v) is 3.04. The van der Waals surface area contributed by atoms with E-state index in [9.17, 15) is 0 Å². The molecular formula is C14H13BrN4OS. The topological polar surface area (TPSA) is 56.7 Å². The van der Waals surface area contributed by atoms with E-state index >= 15 is 0 Å². The summed E-state index contributed by atoms with van der Waals surface area (Å²) in [6.07, 6.45) is 3.73. The monoisotopic (exact) mass is 364 g/mol. The highest BCUT2D eigenvalue weighted by molar-refractivity contribution is 9.10. The minimum absolute atomic E-state index is 0.0443. The van der Waals surface area contributed by atoms with Crippen molar-refractivity contribution in [2.45, 2.75) is 24.3 Å². The standard InChI is InChI=1S/C14H13BrN4OS/c1-9(13-17-10(2)18-20-13)21-14-16-7-8-19(14)12-5-3-11(15)4-6-12/h3-9H,1-2H3. The van der Waals surface area contributed by atoms with E-state index in [4.69, 9.17) is 4.52 Å². The predicted octanol–water partition coefficient (Wildman–Crippen LogP) is 4.18. The molecular weight excluding hydrogens is 352 g/mol. The maximum Gasteiger partial charge on any atom is 0.239 e. The van der Waals surface area contributed by atoms with Crippen LogP contribution in [0.15, 0.2) is 50.8 Å². The van der Waals surface area contributed by atoms with E-state index in [0.717, 1.165) is 15.3 Å². The summed E-state index contributed by atoms with van der Waals surface area (Å²) < 4.78 is 8.30. The van der Waals surface area contributed by atoms with Crippen LogP contribution in [-0.4, -0.2) is 19.7 Å². The molecule has 21 heavy (non-hydrogen) atoms. The molecule has 0 bridgehead atoms. The van der Waals surface area contributed by atoms with Crippen LogP contribution in [0.4, 0.5) is 0 Å². The molecule has 2 aromatic heterocycles. The molecule has 0 saturated heterocycles. The minimum atomic E-state index is 0.0443. The molecule has 1 unspecified atom stereocenters. The first-order valence-corrected chi connectivity index (χ1v) is 8.07. The predicted molar refractivity (Wildman–Crippen MR) is 84.6 cm³/mol. The van der Waals surface area contributed by atoms with Crippen LogP contribution < -0.4 is 0 Å². The quantitative estimate of drug-likeness (QED) is 0.650. The molecule has 0 radical (unpaired) electrons. The third-order valence-corrected chi connectivity index (χ3v) is 4.48. The lowest BCUT2D eigenvalue weighted by molar-refractivity contribution is 0.376. The molecule has 0 aliphatic carbocycles. The molecule has 0 N–H and O–H groups in total. The van der Waals surface area contributed by atoms with Crippen LogP contribution in [0.2, 0.25) is 0 Å². The molecule has 2 heterocycles. The zero-order valence-electron chi connectivity index (χ0n) is 11.5. The van der Waals surface area contributed by atoms with Crippen molar-refractivity contribution in [1.82, 2.24) is 19.7 Å². The highest BCUT2D eigenvalue weighted by Crippen LogP contribution is 2.34. The second kappa shape index (κ2) is 6.03. The maximum absolute atomic E-state index is 5.21. The third-order valence-electron chi connectivity index (χ3n) is 2.88. The summed E-state index contributed by atoms with van der Waals surface area (Å²) in [5.41, 5.74) is 1.06. The number of benzene rings is 1. The molecule has 0 aliphatic rings. The van der Waals surface area contributed by atoms with Crippen LogP contribution in [0.1, 0.15) is 23.9 Å². The number of hydrogen-bond acceptors (Lipinski definition) is 5. The van der Waals surface area contributed by atoms with Gasteiger partial charge in [0.2, 0.25) is 5.89 Å². The molecule has 108 valence electrons. The molecule has 0 saturated carbocycles. The van der Waals surface area contributed by atoms with E-state index in [1.165, 1.54) is 0 Å². The summed E-state index contributed by atoms with van der Waals surface area (Å²) in [5, 5.41) is 4.76. The molecule has 3 rings (SSSR count). The van der Waals surface area contributed by atoms with Crippen LogP contribution in [0, 0.1) is 6.92 Å². The first kappa shape index (κ1) is 14.3. The fraction of sp³-hybridized carbons (Fsp3) is 0.214. The Morgan fingerprint density at radius 2 is 2.05 bits per heavy atom. The van der Waals surface area contributed by atoms with Gasteiger partial charge in [0.15, 0.2) is 11.0 Å². The Morgan fingerprint density at radius 1 is 1.29 bits per heavy atom. The van der Waals surface area contributed by atoms with Gasteiger partial charge in [-0.3, -0.25) is 4.57 Å². The zero-order chi connectivity index (χ0) is 14.8. The number of nitrogens with zero attached hydrogens (tertiary/aromatic N) is 4. The summed E-state index contributed by atoms with van der Waals surface area (Å²) in [4.78, 5) is 8.67. The van der Waals surface area contributed by atoms with Crippen molar-refractivity contribution >= 4 is 27.7 Å². The van der Waals surface area contributed by atoms with Gasteiger partial charge in [0.05, 0.1) is 5.25 Å². The summed E-state index contributed by atoms with van der Waals surface area (Å²) in [6.45, 7) is 3.84. The van der Waals surface area contributed by atoms with Gasteiger partial charge in [-0.05, 0) is 38.1 Å². The van der Waals surface area contributed by atoms with Gasteiger partial charge in [0, 0.05) is 22.6 Å². The van der Waals surface area contributed by atoms with Crippen LogP contribution >= 0.6 is 27.7 Å². The van der Waals surface area contributed by atoms with E-state index < -0.39 is 0 Å². The molecule has 3 aromatic rings. The van der Waals surface area contributed by atoms with Crippen molar-refractivity contribution in [3.63, 3.8) is 0 Å². The largest absolute Gasteiger partial charge is 0.338 e. The van der Waals surface area contributed by atoms with Gasteiger partial charge in [0.1, 0.15) is 0 Å². The number of aryl methyl sites for hydroxylation is 1. The molecule has 0 fully saturated rings.